The van der Waals surface area contributed by atoms with Crippen molar-refractivity contribution in [1.29, 1.82) is 0 Å². The Kier molecular flexibility index (Phi) is 10.1. The molecule has 2 aliphatic rings. The zero-order chi connectivity index (χ0) is 19.5. The van der Waals surface area contributed by atoms with Crippen molar-refractivity contribution in [3.05, 3.63) is 0 Å². The molecule has 27 heavy (non-hydrogen) atoms. The molecule has 0 aromatic heterocycles. The molecular weight excluding hydrogens is 342 g/mol. The minimum Gasteiger partial charge on any atom is -0.387 e. The molecule has 5 heteroatoms. The summed E-state index contributed by atoms with van der Waals surface area (Å²) in [6.07, 6.45) is 16.7. The molecule has 0 bridgehead atoms. The van der Waals surface area contributed by atoms with E-state index in [4.69, 9.17) is 4.74 Å². The molecule has 0 aromatic carbocycles. The normalized spacial score (nSPS) is 27.5. The van der Waals surface area contributed by atoms with Crippen LogP contribution < -0.4 is 0 Å². The van der Waals surface area contributed by atoms with Gasteiger partial charge in [-0.05, 0) is 6.42 Å². The maximum atomic E-state index is 12.1. The van der Waals surface area contributed by atoms with E-state index in [1.54, 1.807) is 4.90 Å². The summed E-state index contributed by atoms with van der Waals surface area (Å²) in [6.45, 7) is 3.00. The second-order valence-electron chi connectivity index (χ2n) is 8.55. The van der Waals surface area contributed by atoms with Gasteiger partial charge in [-0.15, -0.1) is 0 Å². The molecule has 0 unspecified atom stereocenters. The van der Waals surface area contributed by atoms with Crippen LogP contribution in [0.25, 0.3) is 0 Å². The molecule has 2 saturated heterocycles. The molecule has 158 valence electrons. The maximum absolute atomic E-state index is 12.1. The van der Waals surface area contributed by atoms with E-state index in [-0.39, 0.29) is 18.9 Å². The van der Waals surface area contributed by atoms with Gasteiger partial charge in [0, 0.05) is 6.54 Å². The number of nitrogens with zero attached hydrogens (tertiary/aromatic N) is 1. The molecule has 0 spiro atoms. The lowest BCUT2D eigenvalue weighted by Gasteiger charge is -2.27. The van der Waals surface area contributed by atoms with Crippen molar-refractivity contribution in [1.82, 2.24) is 4.90 Å². The van der Waals surface area contributed by atoms with Crippen LogP contribution in [0.3, 0.4) is 0 Å². The second kappa shape index (κ2) is 12.0. The Bertz CT molecular complexity index is 431. The van der Waals surface area contributed by atoms with Gasteiger partial charge < -0.3 is 19.8 Å². The van der Waals surface area contributed by atoms with Crippen LogP contribution >= 0.6 is 0 Å². The molecule has 2 heterocycles. The Hall–Kier alpha value is -0.650. The largest absolute Gasteiger partial charge is 0.387 e. The average molecular weight is 384 g/mol. The van der Waals surface area contributed by atoms with Crippen LogP contribution in [0.15, 0.2) is 0 Å². The fourth-order valence-electron chi connectivity index (χ4n) is 4.39. The number of likely N-dealkylation sites (tertiary alicyclic amines) is 1. The van der Waals surface area contributed by atoms with Gasteiger partial charge in [-0.1, -0.05) is 90.4 Å². The van der Waals surface area contributed by atoms with Crippen molar-refractivity contribution >= 4 is 5.91 Å². The van der Waals surface area contributed by atoms with E-state index in [1.807, 2.05) is 0 Å². The van der Waals surface area contributed by atoms with Crippen molar-refractivity contribution in [2.75, 3.05) is 13.2 Å². The van der Waals surface area contributed by atoms with Crippen LogP contribution in [-0.4, -0.2) is 52.1 Å². The molecule has 0 aliphatic carbocycles. The molecule has 5 nitrogen and oxygen atoms in total. The molecule has 0 aromatic rings. The van der Waals surface area contributed by atoms with Crippen LogP contribution in [0.1, 0.15) is 103 Å². The summed E-state index contributed by atoms with van der Waals surface area (Å²) in [5.74, 6) is -0.101. The second-order valence-corrected chi connectivity index (χ2v) is 8.55. The zero-order valence-corrected chi connectivity index (χ0v) is 17.3. The number of aliphatic hydroxyl groups is 2. The van der Waals surface area contributed by atoms with E-state index in [0.29, 0.717) is 6.54 Å². The van der Waals surface area contributed by atoms with E-state index in [9.17, 15) is 15.0 Å². The molecule has 2 N–H and O–H groups in total. The highest BCUT2D eigenvalue weighted by Gasteiger charge is 2.59. The smallest absolute Gasteiger partial charge is 0.227 e. The number of carbonyl (C=O) groups is 1. The molecule has 2 aliphatic heterocycles. The van der Waals surface area contributed by atoms with Crippen LogP contribution in [0, 0.1) is 0 Å². The summed E-state index contributed by atoms with van der Waals surface area (Å²) in [4.78, 5) is 13.7. The van der Waals surface area contributed by atoms with Gasteiger partial charge in [0.15, 0.2) is 6.23 Å². The standard InChI is InChI=1S/C22H41NO4/c1-2-3-4-5-6-7-8-9-10-11-12-13-14-15-16-23-20(25)17-22(26)19(24)18-27-21(22)23/h19,21,24,26H,2-18H2,1H3/t19-,21+,22+/m1/s1. The minimum absolute atomic E-state index is 0.0164. The molecule has 2 rings (SSSR count). The highest BCUT2D eigenvalue weighted by atomic mass is 16.6. The van der Waals surface area contributed by atoms with Gasteiger partial charge >= 0.3 is 0 Å². The Labute approximate surface area is 165 Å². The molecule has 3 atom stereocenters. The number of carbonyl (C=O) groups excluding carboxylic acids is 1. The first-order valence-corrected chi connectivity index (χ1v) is 11.4. The Morgan fingerprint density at radius 3 is 1.93 bits per heavy atom. The highest BCUT2D eigenvalue weighted by molar-refractivity contribution is 5.81. The number of hydrogen-bond acceptors (Lipinski definition) is 4. The summed E-state index contributed by atoms with van der Waals surface area (Å²) in [5, 5.41) is 20.3. The summed E-state index contributed by atoms with van der Waals surface area (Å²) in [7, 11) is 0. The number of amides is 1. The van der Waals surface area contributed by atoms with Gasteiger partial charge in [0.25, 0.3) is 0 Å². The molecular formula is C22H41NO4. The van der Waals surface area contributed by atoms with E-state index >= 15 is 0 Å². The Morgan fingerprint density at radius 1 is 0.926 bits per heavy atom. The number of rotatable bonds is 15. The summed E-state index contributed by atoms with van der Waals surface area (Å²) >= 11 is 0. The van der Waals surface area contributed by atoms with Gasteiger partial charge in [-0.25, -0.2) is 0 Å². The Morgan fingerprint density at radius 2 is 1.41 bits per heavy atom. The van der Waals surface area contributed by atoms with E-state index in [0.717, 1.165) is 12.8 Å². The van der Waals surface area contributed by atoms with Crippen molar-refractivity contribution in [2.45, 2.75) is 121 Å². The molecule has 0 saturated carbocycles. The fourth-order valence-corrected chi connectivity index (χ4v) is 4.39. The van der Waals surface area contributed by atoms with Crippen LogP contribution in [0.4, 0.5) is 0 Å². The number of ether oxygens (including phenoxy) is 1. The van der Waals surface area contributed by atoms with Gasteiger partial charge in [0.05, 0.1) is 13.0 Å². The lowest BCUT2D eigenvalue weighted by Crippen LogP contribution is -2.47. The monoisotopic (exact) mass is 383 g/mol. The lowest BCUT2D eigenvalue weighted by atomic mass is 9.97. The van der Waals surface area contributed by atoms with Gasteiger partial charge in [-0.3, -0.25) is 4.79 Å². The van der Waals surface area contributed by atoms with E-state index in [2.05, 4.69) is 6.92 Å². The van der Waals surface area contributed by atoms with Crippen LogP contribution in [-0.2, 0) is 9.53 Å². The number of unbranched alkanes of at least 4 members (excludes halogenated alkanes) is 13. The number of fused-ring (bicyclic) bond motifs is 1. The summed E-state index contributed by atoms with van der Waals surface area (Å²) in [5.41, 5.74) is -1.40. The van der Waals surface area contributed by atoms with Crippen molar-refractivity contribution in [3.8, 4) is 0 Å². The first-order valence-electron chi connectivity index (χ1n) is 11.4. The van der Waals surface area contributed by atoms with Crippen LogP contribution in [0.5, 0.6) is 0 Å². The number of aliphatic hydroxyl groups excluding tert-OH is 1. The topological polar surface area (TPSA) is 70.0 Å². The Balaban J connectivity index is 1.41. The summed E-state index contributed by atoms with van der Waals surface area (Å²) < 4.78 is 5.45. The van der Waals surface area contributed by atoms with Crippen molar-refractivity contribution < 1.29 is 19.7 Å². The highest BCUT2D eigenvalue weighted by Crippen LogP contribution is 2.38. The number of hydrogen-bond donors (Lipinski definition) is 2. The third-order valence-corrected chi connectivity index (χ3v) is 6.21. The molecule has 0 radical (unpaired) electrons. The predicted molar refractivity (Wildman–Crippen MR) is 107 cm³/mol. The van der Waals surface area contributed by atoms with Crippen LogP contribution in [0.2, 0.25) is 0 Å². The minimum atomic E-state index is -1.40. The molecule has 2 fully saturated rings. The quantitative estimate of drug-likeness (QED) is 0.417. The predicted octanol–water partition coefficient (Wildman–Crippen LogP) is 4.15. The summed E-state index contributed by atoms with van der Waals surface area (Å²) in [6, 6.07) is 0. The van der Waals surface area contributed by atoms with Gasteiger partial charge in [0.2, 0.25) is 5.91 Å². The van der Waals surface area contributed by atoms with Crippen molar-refractivity contribution in [3.63, 3.8) is 0 Å². The third-order valence-electron chi connectivity index (χ3n) is 6.21. The van der Waals surface area contributed by atoms with E-state index < -0.39 is 17.9 Å². The average Bonchev–Trinajstić information content (AvgIpc) is 3.06. The fraction of sp³-hybridized carbons (Fsp3) is 0.955. The maximum Gasteiger partial charge on any atom is 0.227 e. The zero-order valence-electron chi connectivity index (χ0n) is 17.3. The molecule has 1 amide bonds. The third kappa shape index (κ3) is 6.72. The van der Waals surface area contributed by atoms with E-state index in [1.165, 1.54) is 77.0 Å². The SMILES string of the molecule is CCCCCCCCCCCCCCCCN1C(=O)C[C@]2(O)[C@H](O)CO[C@H]12. The first kappa shape index (κ1) is 22.6. The van der Waals surface area contributed by atoms with Gasteiger partial charge in [0.1, 0.15) is 11.7 Å². The first-order chi connectivity index (χ1) is 13.1. The lowest BCUT2D eigenvalue weighted by molar-refractivity contribution is -0.136. The van der Waals surface area contributed by atoms with Gasteiger partial charge in [-0.2, -0.15) is 0 Å². The van der Waals surface area contributed by atoms with Crippen molar-refractivity contribution in [2.24, 2.45) is 0 Å².